The maximum atomic E-state index is 13.3. The zero-order valence-electron chi connectivity index (χ0n) is 16.7. The van der Waals surface area contributed by atoms with E-state index in [1.807, 2.05) is 32.9 Å². The second-order valence-corrected chi connectivity index (χ2v) is 7.98. The van der Waals surface area contributed by atoms with Gasteiger partial charge in [0.15, 0.2) is 5.96 Å². The highest BCUT2D eigenvalue weighted by molar-refractivity contribution is 5.86. The number of benzene rings is 1. The molecule has 0 spiro atoms. The van der Waals surface area contributed by atoms with Crippen molar-refractivity contribution >= 4 is 11.9 Å². The van der Waals surface area contributed by atoms with E-state index in [-0.39, 0.29) is 29.2 Å². The number of amides is 1. The van der Waals surface area contributed by atoms with Crippen LogP contribution in [-0.4, -0.2) is 50.8 Å². The van der Waals surface area contributed by atoms with Gasteiger partial charge >= 0.3 is 0 Å². The standard InChI is InChI=1S/C20H31FN4O2/c1-19(2,3)25-17(26)13-23-18(22-4)24-14-20(9-11-27-12-10-20)15-5-7-16(21)8-6-15/h5-8H,9-14H2,1-4H3,(H,25,26)(H2,22,23,24). The van der Waals surface area contributed by atoms with E-state index in [1.165, 1.54) is 12.1 Å². The van der Waals surface area contributed by atoms with Gasteiger partial charge in [-0.3, -0.25) is 9.79 Å². The lowest BCUT2D eigenvalue weighted by atomic mass is 9.74. The first-order chi connectivity index (χ1) is 12.7. The third-order valence-electron chi connectivity index (χ3n) is 4.66. The van der Waals surface area contributed by atoms with Crippen LogP contribution in [0.15, 0.2) is 29.3 Å². The van der Waals surface area contributed by atoms with E-state index in [0.717, 1.165) is 18.4 Å². The van der Waals surface area contributed by atoms with E-state index in [2.05, 4.69) is 20.9 Å². The van der Waals surface area contributed by atoms with Crippen LogP contribution in [0.25, 0.3) is 0 Å². The second kappa shape index (κ2) is 9.17. The summed E-state index contributed by atoms with van der Waals surface area (Å²) in [4.78, 5) is 16.2. The average molecular weight is 378 g/mol. The minimum atomic E-state index is -0.273. The van der Waals surface area contributed by atoms with E-state index in [9.17, 15) is 9.18 Å². The number of carbonyl (C=O) groups is 1. The van der Waals surface area contributed by atoms with Crippen LogP contribution in [0.2, 0.25) is 0 Å². The number of hydrogen-bond acceptors (Lipinski definition) is 3. The van der Waals surface area contributed by atoms with Gasteiger partial charge in [0.1, 0.15) is 5.82 Å². The Morgan fingerprint density at radius 3 is 2.37 bits per heavy atom. The van der Waals surface area contributed by atoms with Crippen molar-refractivity contribution in [1.82, 2.24) is 16.0 Å². The molecule has 1 aromatic rings. The molecule has 1 aliphatic rings. The minimum Gasteiger partial charge on any atom is -0.381 e. The SMILES string of the molecule is CN=C(NCC(=O)NC(C)(C)C)NCC1(c2ccc(F)cc2)CCOCC1. The van der Waals surface area contributed by atoms with Crippen LogP contribution in [0.4, 0.5) is 4.39 Å². The van der Waals surface area contributed by atoms with Gasteiger partial charge in [-0.1, -0.05) is 12.1 Å². The minimum absolute atomic E-state index is 0.0928. The van der Waals surface area contributed by atoms with Gasteiger partial charge in [0.25, 0.3) is 0 Å². The molecule has 0 aliphatic carbocycles. The summed E-state index contributed by atoms with van der Waals surface area (Å²) in [5, 5.41) is 9.27. The zero-order chi connectivity index (χ0) is 19.9. The summed E-state index contributed by atoms with van der Waals surface area (Å²) in [6.07, 6.45) is 1.68. The van der Waals surface area contributed by atoms with Gasteiger partial charge in [-0.05, 0) is 51.3 Å². The van der Waals surface area contributed by atoms with E-state index >= 15 is 0 Å². The molecule has 3 N–H and O–H groups in total. The molecule has 0 saturated carbocycles. The maximum Gasteiger partial charge on any atom is 0.239 e. The van der Waals surface area contributed by atoms with Crippen molar-refractivity contribution in [3.8, 4) is 0 Å². The summed E-state index contributed by atoms with van der Waals surface area (Å²) in [5.74, 6) is 0.230. The van der Waals surface area contributed by atoms with Crippen molar-refractivity contribution in [2.75, 3.05) is 33.4 Å². The van der Waals surface area contributed by atoms with Crippen LogP contribution in [0.5, 0.6) is 0 Å². The number of hydrogen-bond donors (Lipinski definition) is 3. The summed E-state index contributed by atoms with van der Waals surface area (Å²) in [6, 6.07) is 6.68. The Morgan fingerprint density at radius 1 is 1.19 bits per heavy atom. The van der Waals surface area contributed by atoms with Crippen LogP contribution >= 0.6 is 0 Å². The van der Waals surface area contributed by atoms with Crippen molar-refractivity contribution < 1.29 is 13.9 Å². The zero-order valence-corrected chi connectivity index (χ0v) is 16.7. The van der Waals surface area contributed by atoms with Gasteiger partial charge in [0.2, 0.25) is 5.91 Å². The number of nitrogens with zero attached hydrogens (tertiary/aromatic N) is 1. The molecule has 0 bridgehead atoms. The Morgan fingerprint density at radius 2 is 1.81 bits per heavy atom. The lowest BCUT2D eigenvalue weighted by Gasteiger charge is -2.38. The molecule has 0 radical (unpaired) electrons. The molecular weight excluding hydrogens is 347 g/mol. The summed E-state index contributed by atoms with van der Waals surface area (Å²) >= 11 is 0. The van der Waals surface area contributed by atoms with Crippen LogP contribution in [0.1, 0.15) is 39.2 Å². The third-order valence-corrected chi connectivity index (χ3v) is 4.66. The molecule has 2 rings (SSSR count). The van der Waals surface area contributed by atoms with Gasteiger partial charge in [-0.25, -0.2) is 4.39 Å². The summed E-state index contributed by atoms with van der Waals surface area (Å²) in [7, 11) is 1.67. The fourth-order valence-electron chi connectivity index (χ4n) is 3.23. The number of rotatable bonds is 5. The summed E-state index contributed by atoms with van der Waals surface area (Å²) in [5.41, 5.74) is 0.655. The topological polar surface area (TPSA) is 74.8 Å². The molecule has 6 nitrogen and oxygen atoms in total. The van der Waals surface area contributed by atoms with Crippen molar-refractivity contribution in [3.05, 3.63) is 35.6 Å². The average Bonchev–Trinajstić information content (AvgIpc) is 2.61. The van der Waals surface area contributed by atoms with Crippen LogP contribution in [0, 0.1) is 5.82 Å². The second-order valence-electron chi connectivity index (χ2n) is 7.98. The highest BCUT2D eigenvalue weighted by atomic mass is 19.1. The summed E-state index contributed by atoms with van der Waals surface area (Å²) < 4.78 is 18.9. The Hall–Kier alpha value is -2.15. The monoisotopic (exact) mass is 378 g/mol. The predicted octanol–water partition coefficient (Wildman–Crippen LogP) is 1.95. The van der Waals surface area contributed by atoms with Gasteiger partial charge in [0.05, 0.1) is 6.54 Å². The third kappa shape index (κ3) is 6.50. The van der Waals surface area contributed by atoms with E-state index < -0.39 is 0 Å². The molecule has 1 fully saturated rings. The van der Waals surface area contributed by atoms with Crippen molar-refractivity contribution in [3.63, 3.8) is 0 Å². The lowest BCUT2D eigenvalue weighted by Crippen LogP contribution is -2.51. The first-order valence-electron chi connectivity index (χ1n) is 9.33. The largest absolute Gasteiger partial charge is 0.381 e. The summed E-state index contributed by atoms with van der Waals surface area (Å²) in [6.45, 7) is 7.92. The van der Waals surface area contributed by atoms with Crippen LogP contribution in [0.3, 0.4) is 0 Å². The molecule has 1 aliphatic heterocycles. The number of guanidine groups is 1. The van der Waals surface area contributed by atoms with Crippen LogP contribution in [-0.2, 0) is 14.9 Å². The Labute approximate surface area is 161 Å². The molecule has 1 amide bonds. The molecule has 27 heavy (non-hydrogen) atoms. The number of ether oxygens (including phenoxy) is 1. The van der Waals surface area contributed by atoms with Crippen molar-refractivity contribution in [2.45, 2.75) is 44.6 Å². The maximum absolute atomic E-state index is 13.3. The predicted molar refractivity (Wildman–Crippen MR) is 105 cm³/mol. The molecule has 1 heterocycles. The molecule has 0 unspecified atom stereocenters. The van der Waals surface area contributed by atoms with Crippen molar-refractivity contribution in [2.24, 2.45) is 4.99 Å². The molecule has 150 valence electrons. The first kappa shape index (κ1) is 21.2. The van der Waals surface area contributed by atoms with Gasteiger partial charge in [-0.2, -0.15) is 0 Å². The van der Waals surface area contributed by atoms with E-state index in [1.54, 1.807) is 7.05 Å². The van der Waals surface area contributed by atoms with E-state index in [0.29, 0.717) is 25.7 Å². The molecule has 0 atom stereocenters. The van der Waals surface area contributed by atoms with Gasteiger partial charge in [0, 0.05) is 37.8 Å². The number of aliphatic imine (C=N–C) groups is 1. The molecule has 7 heteroatoms. The highest BCUT2D eigenvalue weighted by Gasteiger charge is 2.34. The Bertz CT molecular complexity index is 647. The molecule has 1 aromatic carbocycles. The van der Waals surface area contributed by atoms with Crippen molar-refractivity contribution in [1.29, 1.82) is 0 Å². The molecular formula is C20H31FN4O2. The van der Waals surface area contributed by atoms with Gasteiger partial charge in [-0.15, -0.1) is 0 Å². The Balaban J connectivity index is 1.99. The molecule has 0 aromatic heterocycles. The Kier molecular flexibility index (Phi) is 7.18. The lowest BCUT2D eigenvalue weighted by molar-refractivity contribution is -0.121. The fourth-order valence-corrected chi connectivity index (χ4v) is 3.23. The molecule has 1 saturated heterocycles. The smallest absolute Gasteiger partial charge is 0.239 e. The van der Waals surface area contributed by atoms with Crippen LogP contribution < -0.4 is 16.0 Å². The fraction of sp³-hybridized carbons (Fsp3) is 0.600. The normalized spacial score (nSPS) is 17.3. The van der Waals surface area contributed by atoms with E-state index in [4.69, 9.17) is 4.74 Å². The number of nitrogens with one attached hydrogen (secondary N) is 3. The highest BCUT2D eigenvalue weighted by Crippen LogP contribution is 2.34. The quantitative estimate of drug-likeness (QED) is 0.541. The van der Waals surface area contributed by atoms with Gasteiger partial charge < -0.3 is 20.7 Å². The number of carbonyl (C=O) groups excluding carboxylic acids is 1. The number of halogens is 1. The first-order valence-corrected chi connectivity index (χ1v) is 9.33.